The molecule has 12 nitrogen and oxygen atoms in total. The van der Waals surface area contributed by atoms with E-state index in [2.05, 4.69) is 22.8 Å². The van der Waals surface area contributed by atoms with Crippen molar-refractivity contribution in [3.8, 4) is 0 Å². The van der Waals surface area contributed by atoms with Crippen LogP contribution in [0.4, 0.5) is 9.93 Å². The number of rotatable bonds is 5. The van der Waals surface area contributed by atoms with Gasteiger partial charge in [-0.05, 0) is 12.0 Å². The molecule has 2 saturated heterocycles. The standard InChI is InChI=1S/C15H16N6O6S2.Na.H/c16-14-19-18-10(29-14)9(28)12(23)20-2-4-1-5(3-27-15(17)26)7(13(24)25)21-6(4)8(20)11(21)22;;/h4,6,8-9,28H,1-3H2,(H2,16,19)(H2,17,26)(H,24,25);;/t4-,6-,8+,9?;;/m1../s1. The average Bonchev–Trinajstić information content (AvgIpc) is 3.25. The fourth-order valence-electron chi connectivity index (χ4n) is 4.17. The molecular weight excluding hydrogens is 447 g/mol. The second kappa shape index (κ2) is 8.34. The summed E-state index contributed by atoms with van der Waals surface area (Å²) in [5, 5.41) is 16.6. The van der Waals surface area contributed by atoms with Gasteiger partial charge in [-0.2, -0.15) is 12.6 Å². The van der Waals surface area contributed by atoms with Crippen molar-refractivity contribution in [3.05, 3.63) is 16.3 Å². The molecule has 4 heterocycles. The number of β-lactam (4-membered cyclic amide) rings is 1. The van der Waals surface area contributed by atoms with Crippen LogP contribution in [-0.2, 0) is 19.1 Å². The number of likely N-dealkylation sites (tertiary alicyclic amines) is 1. The number of primary amides is 1. The number of nitrogens with two attached hydrogens (primary N) is 2. The summed E-state index contributed by atoms with van der Waals surface area (Å²) in [7, 11) is 0. The molecule has 4 atom stereocenters. The summed E-state index contributed by atoms with van der Waals surface area (Å²) in [6.07, 6.45) is -0.790. The summed E-state index contributed by atoms with van der Waals surface area (Å²) < 4.78 is 4.75. The van der Waals surface area contributed by atoms with E-state index in [1.54, 1.807) is 0 Å². The number of hydrogen-bond donors (Lipinski definition) is 4. The van der Waals surface area contributed by atoms with Gasteiger partial charge in [-0.15, -0.1) is 10.2 Å². The van der Waals surface area contributed by atoms with Crippen LogP contribution in [-0.4, -0.2) is 104 Å². The topological polar surface area (TPSA) is 182 Å². The van der Waals surface area contributed by atoms with E-state index < -0.39 is 41.2 Å². The zero-order chi connectivity index (χ0) is 21.0. The predicted octanol–water partition coefficient (Wildman–Crippen LogP) is -1.68. The molecule has 0 spiro atoms. The molecule has 1 aromatic heterocycles. The summed E-state index contributed by atoms with van der Waals surface area (Å²) in [5.41, 5.74) is 10.6. The normalized spacial score (nSPS) is 25.2. The van der Waals surface area contributed by atoms with Crippen molar-refractivity contribution < 1.29 is 29.0 Å². The summed E-state index contributed by atoms with van der Waals surface area (Å²) in [6.45, 7) is -0.101. The molecular formula is C15H17N6NaO6S2. The molecule has 15 heteroatoms. The molecule has 156 valence electrons. The number of thiol groups is 1. The quantitative estimate of drug-likeness (QED) is 0.225. The van der Waals surface area contributed by atoms with Crippen LogP contribution in [0.25, 0.3) is 0 Å². The summed E-state index contributed by atoms with van der Waals surface area (Å²) in [4.78, 5) is 51.0. The molecule has 3 aliphatic rings. The van der Waals surface area contributed by atoms with Crippen molar-refractivity contribution in [1.29, 1.82) is 0 Å². The van der Waals surface area contributed by atoms with Crippen LogP contribution in [0.15, 0.2) is 11.3 Å². The number of nitrogens with zero attached hydrogens (tertiary/aromatic N) is 4. The van der Waals surface area contributed by atoms with Crippen LogP contribution in [0.3, 0.4) is 0 Å². The summed E-state index contributed by atoms with van der Waals surface area (Å²) in [5.74, 6) is -2.43. The number of nitrogen functional groups attached to an aromatic ring is 1. The van der Waals surface area contributed by atoms with Gasteiger partial charge in [0.05, 0.1) is 6.04 Å². The molecule has 3 amide bonds. The van der Waals surface area contributed by atoms with Gasteiger partial charge < -0.3 is 26.2 Å². The number of hydrogen-bond acceptors (Lipinski definition) is 10. The molecule has 0 aliphatic carbocycles. The number of carboxylic acid groups (broad SMARTS) is 1. The Morgan fingerprint density at radius 2 is 2.07 bits per heavy atom. The summed E-state index contributed by atoms with van der Waals surface area (Å²) in [6, 6.07) is -1.21. The van der Waals surface area contributed by atoms with Crippen LogP contribution in [0.1, 0.15) is 16.7 Å². The van der Waals surface area contributed by atoms with Gasteiger partial charge in [-0.1, -0.05) is 11.3 Å². The number of carboxylic acids is 1. The third kappa shape index (κ3) is 3.56. The number of amides is 3. The van der Waals surface area contributed by atoms with E-state index in [-0.39, 0.29) is 71.4 Å². The van der Waals surface area contributed by atoms with Crippen LogP contribution in [0.5, 0.6) is 0 Å². The van der Waals surface area contributed by atoms with E-state index in [1.165, 1.54) is 9.80 Å². The number of aromatic nitrogens is 2. The molecule has 30 heavy (non-hydrogen) atoms. The number of carbonyl (C=O) groups is 4. The van der Waals surface area contributed by atoms with Crippen molar-refractivity contribution in [2.75, 3.05) is 18.9 Å². The van der Waals surface area contributed by atoms with Crippen molar-refractivity contribution in [3.63, 3.8) is 0 Å². The minimum absolute atomic E-state index is 0. The van der Waals surface area contributed by atoms with Gasteiger partial charge in [-0.3, -0.25) is 14.5 Å². The first-order chi connectivity index (χ1) is 13.7. The molecule has 0 bridgehead atoms. The molecule has 0 aromatic carbocycles. The van der Waals surface area contributed by atoms with E-state index in [1.807, 2.05) is 0 Å². The van der Waals surface area contributed by atoms with Crippen molar-refractivity contribution in [1.82, 2.24) is 20.0 Å². The third-order valence-electron chi connectivity index (χ3n) is 5.24. The van der Waals surface area contributed by atoms with Crippen molar-refractivity contribution in [2.45, 2.75) is 23.8 Å². The monoisotopic (exact) mass is 464 g/mol. The number of ether oxygens (including phenoxy) is 1. The van der Waals surface area contributed by atoms with Gasteiger partial charge in [0.15, 0.2) is 0 Å². The minimum atomic E-state index is -1.31. The van der Waals surface area contributed by atoms with Crippen LogP contribution in [0.2, 0.25) is 0 Å². The van der Waals surface area contributed by atoms with E-state index >= 15 is 0 Å². The molecule has 3 aliphatic heterocycles. The van der Waals surface area contributed by atoms with Crippen LogP contribution in [0, 0.1) is 5.92 Å². The summed E-state index contributed by atoms with van der Waals surface area (Å²) >= 11 is 5.34. The van der Waals surface area contributed by atoms with Gasteiger partial charge in [-0.25, -0.2) is 9.59 Å². The van der Waals surface area contributed by atoms with Gasteiger partial charge in [0, 0.05) is 12.5 Å². The maximum absolute atomic E-state index is 13.0. The van der Waals surface area contributed by atoms with Crippen LogP contribution < -0.4 is 11.5 Å². The predicted molar refractivity (Wildman–Crippen MR) is 108 cm³/mol. The second-order valence-corrected chi connectivity index (χ2v) is 8.40. The van der Waals surface area contributed by atoms with E-state index in [0.717, 1.165) is 11.3 Å². The Hall–Kier alpha value is -1.87. The van der Waals surface area contributed by atoms with Gasteiger partial charge in [0.1, 0.15) is 28.6 Å². The molecule has 1 unspecified atom stereocenters. The molecule has 0 radical (unpaired) electrons. The first kappa shape index (κ1) is 22.8. The Balaban J connectivity index is 0.00000256. The average molecular weight is 464 g/mol. The van der Waals surface area contributed by atoms with Gasteiger partial charge in [0.2, 0.25) is 11.0 Å². The third-order valence-corrected chi connectivity index (χ3v) is 6.70. The number of carbonyl (C=O) groups excluding carboxylic acids is 3. The van der Waals surface area contributed by atoms with Gasteiger partial charge in [0.25, 0.3) is 5.91 Å². The first-order valence-electron chi connectivity index (χ1n) is 8.48. The van der Waals surface area contributed by atoms with Crippen LogP contribution >= 0.6 is 24.0 Å². The van der Waals surface area contributed by atoms with E-state index in [4.69, 9.17) is 16.2 Å². The Morgan fingerprint density at radius 1 is 1.37 bits per heavy atom. The molecule has 5 N–H and O–H groups in total. The Bertz CT molecular complexity index is 969. The Morgan fingerprint density at radius 3 is 2.63 bits per heavy atom. The Kier molecular flexibility index (Phi) is 6.34. The zero-order valence-corrected chi connectivity index (χ0v) is 16.4. The van der Waals surface area contributed by atoms with Gasteiger partial charge >= 0.3 is 41.6 Å². The maximum atomic E-state index is 13.0. The SMILES string of the molecule is NC(=O)OCC1=C(C(=O)O)N2C(=O)[C@@H]3[C@H]2[C@H](C1)CN3C(=O)C(S)c1nnc(N)s1.[NaH]. The number of anilines is 1. The zero-order valence-electron chi connectivity index (χ0n) is 14.7. The first-order valence-corrected chi connectivity index (χ1v) is 9.82. The Labute approximate surface area is 201 Å². The van der Waals surface area contributed by atoms with Crippen molar-refractivity contribution >= 4 is 82.5 Å². The van der Waals surface area contributed by atoms with E-state index in [9.17, 15) is 24.3 Å². The second-order valence-electron chi connectivity index (χ2n) is 6.84. The molecule has 0 saturated carbocycles. The molecule has 2 fully saturated rings. The molecule has 1 aromatic rings. The molecule has 4 rings (SSSR count). The fourth-order valence-corrected chi connectivity index (χ4v) is 5.12. The fraction of sp³-hybridized carbons (Fsp3) is 0.467. The van der Waals surface area contributed by atoms with E-state index in [0.29, 0.717) is 5.01 Å². The van der Waals surface area contributed by atoms with Crippen molar-refractivity contribution in [2.24, 2.45) is 11.7 Å². The number of aliphatic carboxylic acids is 1.